The van der Waals surface area contributed by atoms with Crippen molar-refractivity contribution in [2.75, 3.05) is 6.61 Å². The molecule has 4 aromatic carbocycles. The van der Waals surface area contributed by atoms with Gasteiger partial charge in [0.1, 0.15) is 12.7 Å². The van der Waals surface area contributed by atoms with Crippen molar-refractivity contribution in [2.24, 2.45) is 0 Å². The summed E-state index contributed by atoms with van der Waals surface area (Å²) in [6.07, 6.45) is -8.13. The number of benzene rings is 4. The quantitative estimate of drug-likeness (QED) is 0.0650. The number of hydrogen-bond acceptors (Lipinski definition) is 21. The molecule has 0 bridgehead atoms. The Balaban J connectivity index is 1.54. The summed E-state index contributed by atoms with van der Waals surface area (Å²) in [7, 11) is 0. The van der Waals surface area contributed by atoms with Gasteiger partial charge in [-0.05, 0) is 48.5 Å². The maximum Gasteiger partial charge on any atom is 0.340 e. The Hall–Kier alpha value is -7.68. The number of aromatic hydroxyl groups is 12. The van der Waals surface area contributed by atoms with E-state index in [4.69, 9.17) is 23.7 Å². The third-order valence-electron chi connectivity index (χ3n) is 7.58. The van der Waals surface area contributed by atoms with Crippen LogP contribution in [0, 0.1) is 0 Å². The van der Waals surface area contributed by atoms with E-state index in [9.17, 15) is 80.5 Å². The van der Waals surface area contributed by atoms with Gasteiger partial charge < -0.3 is 85.0 Å². The molecule has 1 fully saturated rings. The van der Waals surface area contributed by atoms with E-state index in [1.165, 1.54) is 0 Å². The average molecular weight is 759 g/mol. The van der Waals surface area contributed by atoms with Crippen LogP contribution in [0.4, 0.5) is 0 Å². The van der Waals surface area contributed by atoms with Crippen molar-refractivity contribution in [1.29, 1.82) is 0 Å². The van der Waals surface area contributed by atoms with Crippen molar-refractivity contribution < 1.29 is 104 Å². The van der Waals surface area contributed by atoms with Crippen molar-refractivity contribution in [1.82, 2.24) is 0 Å². The van der Waals surface area contributed by atoms with Gasteiger partial charge in [0.05, 0.1) is 22.3 Å². The second-order valence-electron chi connectivity index (χ2n) is 11.2. The summed E-state index contributed by atoms with van der Waals surface area (Å²) >= 11 is 0. The summed E-state index contributed by atoms with van der Waals surface area (Å²) in [6.45, 7) is -0.991. The fourth-order valence-corrected chi connectivity index (χ4v) is 4.87. The van der Waals surface area contributed by atoms with Crippen LogP contribution < -0.4 is 0 Å². The number of esters is 4. The van der Waals surface area contributed by atoms with Crippen LogP contribution in [0.5, 0.6) is 69.0 Å². The number of ether oxygens (including phenoxy) is 5. The molecule has 21 nitrogen and oxygen atoms in total. The molecule has 4 aromatic rings. The molecule has 0 aromatic heterocycles. The Bertz CT molecular complexity index is 2090. The molecule has 284 valence electrons. The number of phenolic OH excluding ortho intramolecular Hbond substituents is 12. The summed E-state index contributed by atoms with van der Waals surface area (Å²) < 4.78 is 27.0. The molecule has 0 saturated carbocycles. The van der Waals surface area contributed by atoms with Gasteiger partial charge in [-0.3, -0.25) is 0 Å². The highest BCUT2D eigenvalue weighted by Crippen LogP contribution is 2.40. The van der Waals surface area contributed by atoms with Crippen LogP contribution >= 0.6 is 0 Å². The molecule has 1 heterocycles. The lowest BCUT2D eigenvalue weighted by Gasteiger charge is -2.24. The molecule has 1 saturated heterocycles. The first-order valence-corrected chi connectivity index (χ1v) is 14.8. The van der Waals surface area contributed by atoms with Crippen LogP contribution in [0.15, 0.2) is 48.5 Å². The molecular weight excluding hydrogens is 732 g/mol. The number of hydrogen-bond donors (Lipinski definition) is 12. The van der Waals surface area contributed by atoms with Crippen molar-refractivity contribution in [2.45, 2.75) is 24.6 Å². The fraction of sp³-hybridized carbons (Fsp3) is 0.152. The summed E-state index contributed by atoms with van der Waals surface area (Å²) in [6, 6.07) is 5.29. The van der Waals surface area contributed by atoms with Crippen molar-refractivity contribution >= 4 is 23.9 Å². The van der Waals surface area contributed by atoms with Crippen LogP contribution in [0.25, 0.3) is 0 Å². The zero-order valence-electron chi connectivity index (χ0n) is 26.7. The molecule has 1 aliphatic rings. The van der Waals surface area contributed by atoms with E-state index < -0.39 is 146 Å². The van der Waals surface area contributed by atoms with Gasteiger partial charge in [0.15, 0.2) is 75.1 Å². The zero-order valence-corrected chi connectivity index (χ0v) is 26.7. The Labute approximate surface area is 299 Å². The lowest BCUT2D eigenvalue weighted by atomic mass is 10.1. The van der Waals surface area contributed by atoms with Crippen LogP contribution in [0.3, 0.4) is 0 Å². The predicted octanol–water partition coefficient (Wildman–Crippen LogP) is 1.34. The van der Waals surface area contributed by atoms with Gasteiger partial charge in [-0.2, -0.15) is 0 Å². The van der Waals surface area contributed by atoms with Crippen molar-refractivity contribution in [3.63, 3.8) is 0 Å². The molecular formula is C33H26O21. The van der Waals surface area contributed by atoms with E-state index in [-0.39, 0.29) is 0 Å². The number of carbonyl (C=O) groups is 4. The maximum atomic E-state index is 13.3. The van der Waals surface area contributed by atoms with Crippen molar-refractivity contribution in [3.8, 4) is 69.0 Å². The van der Waals surface area contributed by atoms with Gasteiger partial charge in [0, 0.05) is 0 Å². The van der Waals surface area contributed by atoms with E-state index >= 15 is 0 Å². The Morgan fingerprint density at radius 1 is 0.426 bits per heavy atom. The summed E-state index contributed by atoms with van der Waals surface area (Å²) in [5.41, 5.74) is -2.45. The van der Waals surface area contributed by atoms with Crippen LogP contribution in [-0.2, 0) is 23.7 Å². The van der Waals surface area contributed by atoms with E-state index in [2.05, 4.69) is 0 Å². The standard InChI is InChI=1S/C33H26O21/c34-14-1-10(2-15(35)23(14)42)29(46)50-9-22-27(52-30(47)11-3-16(36)24(43)17(37)4-11)28(53-31(48)12-5-18(38)25(44)19(39)6-12)33(51-22)54-32(49)13-7-20(40)26(45)21(41)8-13/h1-8,22,27-28,33-45H,9H2/t22-,27-,28-,33+/m1/s1. The minimum absolute atomic E-state index is 0.533. The lowest BCUT2D eigenvalue weighted by Crippen LogP contribution is -2.42. The van der Waals surface area contributed by atoms with E-state index in [1.54, 1.807) is 0 Å². The van der Waals surface area contributed by atoms with E-state index in [0.717, 1.165) is 0 Å². The molecule has 0 radical (unpaired) electrons. The van der Waals surface area contributed by atoms with Gasteiger partial charge in [0.2, 0.25) is 12.4 Å². The minimum Gasteiger partial charge on any atom is -0.504 e. The van der Waals surface area contributed by atoms with Crippen LogP contribution in [-0.4, -0.2) is 116 Å². The van der Waals surface area contributed by atoms with E-state index in [0.29, 0.717) is 48.5 Å². The molecule has 5 rings (SSSR count). The first-order chi connectivity index (χ1) is 25.4. The highest BCUT2D eigenvalue weighted by atomic mass is 16.8. The molecule has 4 atom stereocenters. The number of carbonyl (C=O) groups excluding carboxylic acids is 4. The summed E-state index contributed by atoms with van der Waals surface area (Å²) in [5, 5.41) is 118. The second-order valence-corrected chi connectivity index (χ2v) is 11.2. The molecule has 12 N–H and O–H groups in total. The van der Waals surface area contributed by atoms with Gasteiger partial charge in [-0.15, -0.1) is 0 Å². The topological polar surface area (TPSA) is 357 Å². The molecule has 54 heavy (non-hydrogen) atoms. The second kappa shape index (κ2) is 14.5. The highest BCUT2D eigenvalue weighted by molar-refractivity contribution is 5.93. The fourth-order valence-electron chi connectivity index (χ4n) is 4.87. The van der Waals surface area contributed by atoms with Crippen molar-refractivity contribution in [3.05, 3.63) is 70.8 Å². The average Bonchev–Trinajstić information content (AvgIpc) is 3.42. The SMILES string of the molecule is O=C(OC[C@H]1O[C@@H](OC(=O)c2cc(O)c(O)c(O)c2)[C@H](OC(=O)c2cc(O)c(O)c(O)c2)[C@@H]1OC(=O)c1cc(O)c(O)c(O)c1)c1cc(O)c(O)c(O)c1. The molecule has 0 spiro atoms. The third-order valence-corrected chi connectivity index (χ3v) is 7.58. The number of phenols is 12. The van der Waals surface area contributed by atoms with Gasteiger partial charge >= 0.3 is 23.9 Å². The summed E-state index contributed by atoms with van der Waals surface area (Å²) in [5.74, 6) is -17.5. The molecule has 1 aliphatic heterocycles. The molecule has 21 heteroatoms. The maximum absolute atomic E-state index is 13.3. The largest absolute Gasteiger partial charge is 0.504 e. The number of rotatable bonds is 9. The van der Waals surface area contributed by atoms with Gasteiger partial charge in [0.25, 0.3) is 0 Å². The monoisotopic (exact) mass is 758 g/mol. The highest BCUT2D eigenvalue weighted by Gasteiger charge is 2.53. The smallest absolute Gasteiger partial charge is 0.340 e. The Morgan fingerprint density at radius 2 is 0.704 bits per heavy atom. The third kappa shape index (κ3) is 7.50. The zero-order chi connectivity index (χ0) is 39.8. The van der Waals surface area contributed by atoms with Crippen LogP contribution in [0.1, 0.15) is 41.4 Å². The lowest BCUT2D eigenvalue weighted by molar-refractivity contribution is -0.141. The van der Waals surface area contributed by atoms with Crippen LogP contribution in [0.2, 0.25) is 0 Å². The Kier molecular flexibility index (Phi) is 10.1. The Morgan fingerprint density at radius 3 is 1.04 bits per heavy atom. The molecule has 0 aliphatic carbocycles. The first-order valence-electron chi connectivity index (χ1n) is 14.8. The molecule has 0 amide bonds. The van der Waals surface area contributed by atoms with Gasteiger partial charge in [-0.1, -0.05) is 0 Å². The normalized spacial score (nSPS) is 17.7. The minimum atomic E-state index is -2.18. The van der Waals surface area contributed by atoms with E-state index in [1.807, 2.05) is 0 Å². The first kappa shape index (κ1) is 37.6. The van der Waals surface area contributed by atoms with Gasteiger partial charge in [-0.25, -0.2) is 19.2 Å². The molecule has 0 unspecified atom stereocenters. The summed E-state index contributed by atoms with van der Waals surface area (Å²) in [4.78, 5) is 52.7. The predicted molar refractivity (Wildman–Crippen MR) is 169 cm³/mol.